The normalized spacial score (nSPS) is 20.9. The van der Waals surface area contributed by atoms with Gasteiger partial charge in [0.2, 0.25) is 11.7 Å². The zero-order valence-electron chi connectivity index (χ0n) is 10.9. The maximum atomic E-state index is 9.44. The minimum Gasteiger partial charge on any atom is -0.480 e. The smallest absolute Gasteiger partial charge is 0.246 e. The molecule has 0 radical (unpaired) electrons. The summed E-state index contributed by atoms with van der Waals surface area (Å²) in [5.41, 5.74) is 5.76. The number of nitrogens with zero attached hydrogens (tertiary/aromatic N) is 2. The minimum absolute atomic E-state index is 0.224. The van der Waals surface area contributed by atoms with Crippen molar-refractivity contribution in [2.45, 2.75) is 30.1 Å². The SMILES string of the molecule is CC(O)C(N)c1nc(C2CSc3ccccc3O2)no1. The number of para-hydroxylation sites is 1. The molecule has 0 aliphatic carbocycles. The molecule has 3 rings (SSSR count). The Morgan fingerprint density at radius 1 is 1.45 bits per heavy atom. The number of thioether (sulfide) groups is 1. The van der Waals surface area contributed by atoms with Gasteiger partial charge >= 0.3 is 0 Å². The predicted octanol–water partition coefficient (Wildman–Crippen LogP) is 1.68. The van der Waals surface area contributed by atoms with Crippen LogP contribution in [-0.2, 0) is 0 Å². The van der Waals surface area contributed by atoms with Crippen LogP contribution < -0.4 is 10.5 Å². The number of hydrogen-bond donors (Lipinski definition) is 2. The van der Waals surface area contributed by atoms with E-state index in [-0.39, 0.29) is 12.0 Å². The molecule has 0 amide bonds. The van der Waals surface area contributed by atoms with E-state index in [2.05, 4.69) is 10.1 Å². The monoisotopic (exact) mass is 293 g/mol. The van der Waals surface area contributed by atoms with Gasteiger partial charge in [-0.1, -0.05) is 17.3 Å². The first-order valence-corrected chi connectivity index (χ1v) is 7.29. The summed E-state index contributed by atoms with van der Waals surface area (Å²) in [7, 11) is 0. The van der Waals surface area contributed by atoms with Crippen LogP contribution in [-0.4, -0.2) is 27.1 Å². The number of aliphatic hydroxyl groups excluding tert-OH is 1. The van der Waals surface area contributed by atoms with E-state index in [1.807, 2.05) is 24.3 Å². The van der Waals surface area contributed by atoms with Crippen molar-refractivity contribution in [3.05, 3.63) is 36.0 Å². The second-order valence-electron chi connectivity index (χ2n) is 4.62. The Balaban J connectivity index is 1.78. The van der Waals surface area contributed by atoms with Crippen LogP contribution in [0.5, 0.6) is 5.75 Å². The van der Waals surface area contributed by atoms with E-state index in [0.29, 0.717) is 11.6 Å². The topological polar surface area (TPSA) is 94.4 Å². The number of rotatable bonds is 3. The molecule has 20 heavy (non-hydrogen) atoms. The highest BCUT2D eigenvalue weighted by Gasteiger charge is 2.28. The first-order chi connectivity index (χ1) is 9.65. The lowest BCUT2D eigenvalue weighted by Gasteiger charge is -2.22. The number of nitrogens with two attached hydrogens (primary N) is 1. The van der Waals surface area contributed by atoms with Crippen LogP contribution >= 0.6 is 11.8 Å². The zero-order chi connectivity index (χ0) is 14.1. The van der Waals surface area contributed by atoms with Gasteiger partial charge in [0.1, 0.15) is 11.8 Å². The third-order valence-electron chi connectivity index (χ3n) is 3.06. The van der Waals surface area contributed by atoms with E-state index in [1.54, 1.807) is 18.7 Å². The zero-order valence-corrected chi connectivity index (χ0v) is 11.7. The molecule has 0 saturated carbocycles. The third-order valence-corrected chi connectivity index (χ3v) is 4.18. The number of fused-ring (bicyclic) bond motifs is 1. The summed E-state index contributed by atoms with van der Waals surface area (Å²) in [6.45, 7) is 1.58. The van der Waals surface area contributed by atoms with Crippen LogP contribution in [0.15, 0.2) is 33.7 Å². The second kappa shape index (κ2) is 5.43. The highest BCUT2D eigenvalue weighted by molar-refractivity contribution is 7.99. The first kappa shape index (κ1) is 13.4. The van der Waals surface area contributed by atoms with Gasteiger partial charge in [-0.05, 0) is 19.1 Å². The number of aliphatic hydroxyl groups is 1. The van der Waals surface area contributed by atoms with Gasteiger partial charge in [0.15, 0.2) is 6.10 Å². The molecule has 1 aliphatic heterocycles. The van der Waals surface area contributed by atoms with Crippen molar-refractivity contribution in [2.24, 2.45) is 5.73 Å². The lowest BCUT2D eigenvalue weighted by Crippen LogP contribution is -2.23. The van der Waals surface area contributed by atoms with Crippen molar-refractivity contribution in [3.63, 3.8) is 0 Å². The summed E-state index contributed by atoms with van der Waals surface area (Å²) in [5.74, 6) is 2.21. The summed E-state index contributed by atoms with van der Waals surface area (Å²) in [6.07, 6.45) is -1.01. The highest BCUT2D eigenvalue weighted by atomic mass is 32.2. The highest BCUT2D eigenvalue weighted by Crippen LogP contribution is 2.39. The van der Waals surface area contributed by atoms with Gasteiger partial charge < -0.3 is 20.1 Å². The van der Waals surface area contributed by atoms with E-state index in [0.717, 1.165) is 10.6 Å². The molecule has 2 heterocycles. The predicted molar refractivity (Wildman–Crippen MR) is 73.4 cm³/mol. The minimum atomic E-state index is -0.745. The molecule has 3 N–H and O–H groups in total. The Labute approximate surface area is 120 Å². The summed E-state index contributed by atoms with van der Waals surface area (Å²) >= 11 is 1.69. The van der Waals surface area contributed by atoms with E-state index in [9.17, 15) is 5.11 Å². The van der Waals surface area contributed by atoms with Gasteiger partial charge in [0.05, 0.1) is 6.10 Å². The molecular formula is C13H15N3O3S. The lowest BCUT2D eigenvalue weighted by molar-refractivity contribution is 0.146. The molecule has 3 atom stereocenters. The largest absolute Gasteiger partial charge is 0.480 e. The molecule has 0 saturated heterocycles. The van der Waals surface area contributed by atoms with Crippen molar-refractivity contribution in [1.82, 2.24) is 10.1 Å². The lowest BCUT2D eigenvalue weighted by atomic mass is 10.2. The maximum Gasteiger partial charge on any atom is 0.246 e. The Bertz CT molecular complexity index is 602. The number of ether oxygens (including phenoxy) is 1. The van der Waals surface area contributed by atoms with Crippen LogP contribution in [0.3, 0.4) is 0 Å². The fourth-order valence-electron chi connectivity index (χ4n) is 1.87. The maximum absolute atomic E-state index is 9.44. The van der Waals surface area contributed by atoms with E-state index in [4.69, 9.17) is 15.0 Å². The third kappa shape index (κ3) is 2.52. The van der Waals surface area contributed by atoms with Gasteiger partial charge in [-0.2, -0.15) is 4.98 Å². The van der Waals surface area contributed by atoms with Gasteiger partial charge in [-0.3, -0.25) is 0 Å². The molecule has 0 fully saturated rings. The fourth-order valence-corrected chi connectivity index (χ4v) is 2.85. The Hall–Kier alpha value is -1.57. The van der Waals surface area contributed by atoms with Crippen molar-refractivity contribution in [1.29, 1.82) is 0 Å². The van der Waals surface area contributed by atoms with Crippen molar-refractivity contribution < 1.29 is 14.4 Å². The van der Waals surface area contributed by atoms with E-state index in [1.165, 1.54) is 0 Å². The molecule has 3 unspecified atom stereocenters. The van der Waals surface area contributed by atoms with Gasteiger partial charge in [0.25, 0.3) is 0 Å². The average Bonchev–Trinajstić information content (AvgIpc) is 2.95. The van der Waals surface area contributed by atoms with Crippen molar-refractivity contribution in [3.8, 4) is 5.75 Å². The fraction of sp³-hybridized carbons (Fsp3) is 0.385. The van der Waals surface area contributed by atoms with Crippen molar-refractivity contribution in [2.75, 3.05) is 5.75 Å². The quantitative estimate of drug-likeness (QED) is 0.889. The molecule has 0 spiro atoms. The van der Waals surface area contributed by atoms with Crippen molar-refractivity contribution >= 4 is 11.8 Å². The molecular weight excluding hydrogens is 278 g/mol. The van der Waals surface area contributed by atoms with Gasteiger partial charge in [-0.15, -0.1) is 11.8 Å². The summed E-state index contributed by atoms with van der Waals surface area (Å²) in [6, 6.07) is 7.15. The molecule has 6 nitrogen and oxygen atoms in total. The van der Waals surface area contributed by atoms with E-state index < -0.39 is 12.1 Å². The molecule has 2 aromatic rings. The number of hydrogen-bond acceptors (Lipinski definition) is 7. The Morgan fingerprint density at radius 3 is 3.05 bits per heavy atom. The Morgan fingerprint density at radius 2 is 2.25 bits per heavy atom. The Kier molecular flexibility index (Phi) is 3.64. The summed E-state index contributed by atoms with van der Waals surface area (Å²) < 4.78 is 11.0. The molecule has 106 valence electrons. The van der Waals surface area contributed by atoms with Crippen LogP contribution in [0, 0.1) is 0 Å². The molecule has 7 heteroatoms. The standard InChI is InChI=1S/C13H15N3O3S/c1-7(17)11(14)13-15-12(16-19-13)9-6-20-10-5-3-2-4-8(10)18-9/h2-5,7,9,11,17H,6,14H2,1H3. The van der Waals surface area contributed by atoms with E-state index >= 15 is 0 Å². The second-order valence-corrected chi connectivity index (χ2v) is 5.68. The average molecular weight is 293 g/mol. The van der Waals surface area contributed by atoms with Gasteiger partial charge in [0, 0.05) is 10.6 Å². The summed E-state index contributed by atoms with van der Waals surface area (Å²) in [4.78, 5) is 5.33. The molecule has 0 bridgehead atoms. The number of benzene rings is 1. The molecule has 1 aliphatic rings. The van der Waals surface area contributed by atoms with Crippen LogP contribution in [0.25, 0.3) is 0 Å². The van der Waals surface area contributed by atoms with Gasteiger partial charge in [-0.25, -0.2) is 0 Å². The number of aromatic nitrogens is 2. The molecule has 1 aromatic heterocycles. The van der Waals surface area contributed by atoms with Crippen LogP contribution in [0.4, 0.5) is 0 Å². The van der Waals surface area contributed by atoms with Crippen LogP contribution in [0.2, 0.25) is 0 Å². The summed E-state index contributed by atoms with van der Waals surface area (Å²) in [5, 5.41) is 13.3. The molecule has 1 aromatic carbocycles. The van der Waals surface area contributed by atoms with Crippen LogP contribution in [0.1, 0.15) is 30.8 Å². The first-order valence-electron chi connectivity index (χ1n) is 6.31.